The summed E-state index contributed by atoms with van der Waals surface area (Å²) < 4.78 is 5.23. The van der Waals surface area contributed by atoms with E-state index in [0.717, 1.165) is 12.8 Å². The highest BCUT2D eigenvalue weighted by Gasteiger charge is 2.16. The van der Waals surface area contributed by atoms with E-state index < -0.39 is 4.92 Å². The maximum absolute atomic E-state index is 11.8. The monoisotopic (exact) mass is 293 g/mol. The van der Waals surface area contributed by atoms with E-state index in [4.69, 9.17) is 4.74 Å². The minimum absolute atomic E-state index is 0.0647. The normalized spacial score (nSPS) is 15.6. The van der Waals surface area contributed by atoms with E-state index in [2.05, 4.69) is 10.6 Å². The molecule has 0 unspecified atom stereocenters. The van der Waals surface area contributed by atoms with Crippen molar-refractivity contribution in [3.8, 4) is 0 Å². The molecule has 2 rings (SSSR count). The molecule has 114 valence electrons. The zero-order valence-electron chi connectivity index (χ0n) is 11.7. The van der Waals surface area contributed by atoms with Gasteiger partial charge in [-0.2, -0.15) is 0 Å². The Balaban J connectivity index is 1.76. The van der Waals surface area contributed by atoms with Crippen LogP contribution in [0.3, 0.4) is 0 Å². The van der Waals surface area contributed by atoms with Crippen molar-refractivity contribution in [2.45, 2.75) is 25.4 Å². The number of amides is 1. The lowest BCUT2D eigenvalue weighted by Crippen LogP contribution is -2.42. The fraction of sp³-hybridized carbons (Fsp3) is 0.500. The number of para-hydroxylation sites is 1. The molecular formula is C14H19N3O4. The lowest BCUT2D eigenvalue weighted by Gasteiger charge is -2.23. The minimum atomic E-state index is -0.418. The quantitative estimate of drug-likeness (QED) is 0.602. The zero-order valence-corrected chi connectivity index (χ0v) is 11.7. The summed E-state index contributed by atoms with van der Waals surface area (Å²) >= 11 is 0. The number of ether oxygens (including phenoxy) is 1. The molecule has 1 aromatic rings. The van der Waals surface area contributed by atoms with Crippen molar-refractivity contribution in [1.29, 1.82) is 0 Å². The third-order valence-corrected chi connectivity index (χ3v) is 3.38. The lowest BCUT2D eigenvalue weighted by molar-refractivity contribution is -0.385. The maximum atomic E-state index is 11.8. The van der Waals surface area contributed by atoms with E-state index in [1.54, 1.807) is 18.2 Å². The second kappa shape index (κ2) is 7.70. The van der Waals surface area contributed by atoms with Crippen molar-refractivity contribution in [3.05, 3.63) is 39.9 Å². The first-order valence-electron chi connectivity index (χ1n) is 6.97. The van der Waals surface area contributed by atoms with Gasteiger partial charge < -0.3 is 15.4 Å². The molecule has 1 fully saturated rings. The summed E-state index contributed by atoms with van der Waals surface area (Å²) in [5.74, 6) is -0.0968. The van der Waals surface area contributed by atoms with Crippen LogP contribution in [0.4, 0.5) is 5.69 Å². The summed E-state index contributed by atoms with van der Waals surface area (Å²) in [6, 6.07) is 6.67. The SMILES string of the molecule is O=C(CNCc1ccccc1[N+](=O)[O-])NC1CCOCC1. The van der Waals surface area contributed by atoms with Gasteiger partial charge in [0.05, 0.1) is 11.5 Å². The Hall–Kier alpha value is -1.99. The van der Waals surface area contributed by atoms with E-state index in [1.165, 1.54) is 6.07 Å². The van der Waals surface area contributed by atoms with Gasteiger partial charge in [-0.1, -0.05) is 18.2 Å². The number of hydrogen-bond acceptors (Lipinski definition) is 5. The number of nitrogens with one attached hydrogen (secondary N) is 2. The number of rotatable bonds is 6. The Labute approximate surface area is 122 Å². The number of nitro groups is 1. The standard InChI is InChI=1S/C14H19N3O4/c18-14(16-12-5-7-21-8-6-12)10-15-9-11-3-1-2-4-13(11)17(19)20/h1-4,12,15H,5-10H2,(H,16,18). The summed E-state index contributed by atoms with van der Waals surface area (Å²) in [6.45, 7) is 1.78. The first-order chi connectivity index (χ1) is 10.2. The fourth-order valence-electron chi connectivity index (χ4n) is 2.27. The Morgan fingerprint density at radius 2 is 2.05 bits per heavy atom. The van der Waals surface area contributed by atoms with Crippen LogP contribution in [0.2, 0.25) is 0 Å². The lowest BCUT2D eigenvalue weighted by atomic mass is 10.1. The van der Waals surface area contributed by atoms with E-state index in [1.807, 2.05) is 0 Å². The molecule has 0 saturated carbocycles. The molecule has 1 heterocycles. The molecule has 7 nitrogen and oxygen atoms in total. The number of benzene rings is 1. The van der Waals surface area contributed by atoms with Gasteiger partial charge in [0, 0.05) is 37.4 Å². The Kier molecular flexibility index (Phi) is 5.65. The van der Waals surface area contributed by atoms with Crippen LogP contribution in [-0.2, 0) is 16.1 Å². The first kappa shape index (κ1) is 15.4. The molecule has 0 aromatic heterocycles. The molecule has 1 amide bonds. The third-order valence-electron chi connectivity index (χ3n) is 3.38. The molecular weight excluding hydrogens is 274 g/mol. The number of hydrogen-bond donors (Lipinski definition) is 2. The summed E-state index contributed by atoms with van der Waals surface area (Å²) in [5, 5.41) is 16.7. The predicted molar refractivity (Wildman–Crippen MR) is 76.8 cm³/mol. The maximum Gasteiger partial charge on any atom is 0.273 e. The molecule has 2 N–H and O–H groups in total. The van der Waals surface area contributed by atoms with Gasteiger partial charge in [-0.25, -0.2) is 0 Å². The largest absolute Gasteiger partial charge is 0.381 e. The summed E-state index contributed by atoms with van der Waals surface area (Å²) in [6.07, 6.45) is 1.66. The Bertz CT molecular complexity index is 501. The van der Waals surface area contributed by atoms with Gasteiger partial charge in [0.25, 0.3) is 5.69 Å². The Morgan fingerprint density at radius 1 is 1.33 bits per heavy atom. The topological polar surface area (TPSA) is 93.5 Å². The molecule has 1 aliphatic heterocycles. The second-order valence-electron chi connectivity index (χ2n) is 4.94. The minimum Gasteiger partial charge on any atom is -0.381 e. The van der Waals surface area contributed by atoms with Crippen molar-refractivity contribution in [1.82, 2.24) is 10.6 Å². The molecule has 21 heavy (non-hydrogen) atoms. The van der Waals surface area contributed by atoms with Gasteiger partial charge >= 0.3 is 0 Å². The number of nitro benzene ring substituents is 1. The van der Waals surface area contributed by atoms with Gasteiger partial charge in [-0.3, -0.25) is 14.9 Å². The highest BCUT2D eigenvalue weighted by Crippen LogP contribution is 2.16. The van der Waals surface area contributed by atoms with E-state index in [-0.39, 0.29) is 24.2 Å². The smallest absolute Gasteiger partial charge is 0.273 e. The summed E-state index contributed by atoms with van der Waals surface area (Å²) in [7, 11) is 0. The van der Waals surface area contributed by atoms with Crippen molar-refractivity contribution in [2.75, 3.05) is 19.8 Å². The summed E-state index contributed by atoms with van der Waals surface area (Å²) in [5.41, 5.74) is 0.635. The molecule has 0 spiro atoms. The molecule has 1 aliphatic rings. The number of carbonyl (C=O) groups is 1. The van der Waals surface area contributed by atoms with E-state index in [9.17, 15) is 14.9 Å². The van der Waals surface area contributed by atoms with Crippen LogP contribution >= 0.6 is 0 Å². The van der Waals surface area contributed by atoms with Crippen LogP contribution in [0, 0.1) is 10.1 Å². The van der Waals surface area contributed by atoms with Crippen LogP contribution in [0.15, 0.2) is 24.3 Å². The van der Waals surface area contributed by atoms with Gasteiger partial charge in [0.15, 0.2) is 0 Å². The summed E-state index contributed by atoms with van der Waals surface area (Å²) in [4.78, 5) is 22.2. The molecule has 0 bridgehead atoms. The molecule has 1 saturated heterocycles. The van der Waals surface area contributed by atoms with Gasteiger partial charge in [0.2, 0.25) is 5.91 Å². The van der Waals surface area contributed by atoms with Gasteiger partial charge in [0.1, 0.15) is 0 Å². The van der Waals surface area contributed by atoms with Gasteiger partial charge in [-0.15, -0.1) is 0 Å². The molecule has 0 radical (unpaired) electrons. The molecule has 7 heteroatoms. The molecule has 0 aliphatic carbocycles. The first-order valence-corrected chi connectivity index (χ1v) is 6.97. The van der Waals surface area contributed by atoms with Crippen molar-refractivity contribution < 1.29 is 14.5 Å². The zero-order chi connectivity index (χ0) is 15.1. The van der Waals surface area contributed by atoms with Crippen molar-refractivity contribution in [2.24, 2.45) is 0 Å². The van der Waals surface area contributed by atoms with Gasteiger partial charge in [-0.05, 0) is 12.8 Å². The van der Waals surface area contributed by atoms with Crippen LogP contribution < -0.4 is 10.6 Å². The van der Waals surface area contributed by atoms with Crippen LogP contribution in [0.5, 0.6) is 0 Å². The fourth-order valence-corrected chi connectivity index (χ4v) is 2.27. The highest BCUT2D eigenvalue weighted by molar-refractivity contribution is 5.78. The molecule has 1 aromatic carbocycles. The van der Waals surface area contributed by atoms with Crippen LogP contribution in [0.25, 0.3) is 0 Å². The predicted octanol–water partition coefficient (Wildman–Crippen LogP) is 0.980. The number of carbonyl (C=O) groups excluding carboxylic acids is 1. The van der Waals surface area contributed by atoms with E-state index >= 15 is 0 Å². The Morgan fingerprint density at radius 3 is 2.76 bits per heavy atom. The van der Waals surface area contributed by atoms with Crippen molar-refractivity contribution >= 4 is 11.6 Å². The highest BCUT2D eigenvalue weighted by atomic mass is 16.6. The third kappa shape index (κ3) is 4.80. The molecule has 0 atom stereocenters. The van der Waals surface area contributed by atoms with E-state index in [0.29, 0.717) is 25.3 Å². The average molecular weight is 293 g/mol. The van der Waals surface area contributed by atoms with Crippen LogP contribution in [-0.4, -0.2) is 36.6 Å². The van der Waals surface area contributed by atoms with Crippen LogP contribution in [0.1, 0.15) is 18.4 Å². The second-order valence-corrected chi connectivity index (χ2v) is 4.94. The van der Waals surface area contributed by atoms with Crippen molar-refractivity contribution in [3.63, 3.8) is 0 Å². The average Bonchev–Trinajstić information content (AvgIpc) is 2.48. The number of nitrogens with zero attached hydrogens (tertiary/aromatic N) is 1.